The van der Waals surface area contributed by atoms with Gasteiger partial charge >= 0.3 is 6.01 Å². The molecule has 9 nitrogen and oxygen atoms in total. The third kappa shape index (κ3) is 4.65. The normalized spacial score (nSPS) is 14.3. The summed E-state index contributed by atoms with van der Waals surface area (Å²) in [7, 11) is -2.53. The molecule has 1 fully saturated rings. The van der Waals surface area contributed by atoms with Crippen molar-refractivity contribution in [2.24, 2.45) is 0 Å². The molecular formula is C17H22FN5O4S. The number of anilines is 1. The van der Waals surface area contributed by atoms with Crippen LogP contribution in [0.1, 0.15) is 25.6 Å². The Morgan fingerprint density at radius 1 is 1.21 bits per heavy atom. The van der Waals surface area contributed by atoms with Crippen molar-refractivity contribution in [3.05, 3.63) is 29.8 Å². The summed E-state index contributed by atoms with van der Waals surface area (Å²) in [5.41, 5.74) is 0. The molecule has 11 heteroatoms. The van der Waals surface area contributed by atoms with Crippen molar-refractivity contribution in [1.82, 2.24) is 19.7 Å². The smallest absolute Gasteiger partial charge is 0.321 e. The van der Waals surface area contributed by atoms with Gasteiger partial charge in [0.2, 0.25) is 16.0 Å². The first kappa shape index (κ1) is 20.2. The third-order valence-electron chi connectivity index (χ3n) is 4.15. The topological polar surface area (TPSA) is 107 Å². The summed E-state index contributed by atoms with van der Waals surface area (Å²) >= 11 is 0. The third-order valence-corrected chi connectivity index (χ3v) is 5.55. The number of benzene rings is 1. The highest BCUT2D eigenvalue weighted by Gasteiger charge is 2.20. The summed E-state index contributed by atoms with van der Waals surface area (Å²) in [6.45, 7) is 3.46. The van der Waals surface area contributed by atoms with Gasteiger partial charge in [0.15, 0.2) is 17.4 Å². The lowest BCUT2D eigenvalue weighted by Crippen LogP contribution is -2.26. The fourth-order valence-corrected chi connectivity index (χ4v) is 3.77. The molecule has 1 saturated heterocycles. The van der Waals surface area contributed by atoms with Crippen LogP contribution in [-0.2, 0) is 16.6 Å². The molecule has 1 aliphatic rings. The number of sulfonamides is 1. The lowest BCUT2D eigenvalue weighted by atomic mass is 10.3. The van der Waals surface area contributed by atoms with Gasteiger partial charge in [0.05, 0.1) is 25.2 Å². The van der Waals surface area contributed by atoms with Crippen molar-refractivity contribution < 1.29 is 22.3 Å². The summed E-state index contributed by atoms with van der Waals surface area (Å²) in [5, 5.41) is 0. The van der Waals surface area contributed by atoms with Crippen molar-refractivity contribution in [2.75, 3.05) is 31.7 Å². The van der Waals surface area contributed by atoms with Gasteiger partial charge in [0.25, 0.3) is 0 Å². The Labute approximate surface area is 163 Å². The number of nitrogens with one attached hydrogen (secondary N) is 1. The maximum Gasteiger partial charge on any atom is 0.321 e. The second kappa shape index (κ2) is 8.65. The first-order chi connectivity index (χ1) is 13.4. The van der Waals surface area contributed by atoms with Crippen LogP contribution in [-0.4, -0.2) is 50.2 Å². The van der Waals surface area contributed by atoms with Gasteiger partial charge in [-0.25, -0.2) is 17.5 Å². The van der Waals surface area contributed by atoms with Crippen LogP contribution in [0.25, 0.3) is 0 Å². The van der Waals surface area contributed by atoms with Crippen molar-refractivity contribution in [2.45, 2.75) is 31.2 Å². The van der Waals surface area contributed by atoms with Crippen molar-refractivity contribution >= 4 is 16.0 Å². The molecule has 0 spiro atoms. The Kier molecular flexibility index (Phi) is 6.25. The highest BCUT2D eigenvalue weighted by atomic mass is 32.2. The molecule has 152 valence electrons. The van der Waals surface area contributed by atoms with Crippen LogP contribution >= 0.6 is 0 Å². The molecule has 2 aromatic rings. The van der Waals surface area contributed by atoms with Gasteiger partial charge in [0.1, 0.15) is 0 Å². The van der Waals surface area contributed by atoms with Gasteiger partial charge < -0.3 is 14.4 Å². The van der Waals surface area contributed by atoms with Crippen molar-refractivity contribution in [1.29, 1.82) is 0 Å². The summed E-state index contributed by atoms with van der Waals surface area (Å²) < 4.78 is 51.5. The van der Waals surface area contributed by atoms with E-state index in [1.54, 1.807) is 6.92 Å². The van der Waals surface area contributed by atoms with E-state index >= 15 is 0 Å². The minimum atomic E-state index is -3.96. The van der Waals surface area contributed by atoms with Crippen LogP contribution in [0.4, 0.5) is 10.3 Å². The summed E-state index contributed by atoms with van der Waals surface area (Å²) in [4.78, 5) is 14.4. The Morgan fingerprint density at radius 3 is 2.61 bits per heavy atom. The van der Waals surface area contributed by atoms with Crippen LogP contribution in [0, 0.1) is 5.82 Å². The monoisotopic (exact) mass is 411 g/mol. The van der Waals surface area contributed by atoms with Gasteiger partial charge in [-0.15, -0.1) is 0 Å². The number of rotatable bonds is 8. The number of ether oxygens (including phenoxy) is 2. The Balaban J connectivity index is 1.77. The van der Waals surface area contributed by atoms with E-state index in [4.69, 9.17) is 9.47 Å². The SMILES string of the molecule is CCOc1ccc(S(=O)(=O)NCc2nc(OC)nc(N3CCCC3)n2)cc1F. The second-order valence-corrected chi connectivity index (χ2v) is 7.85. The Bertz CT molecular complexity index is 935. The minimum Gasteiger partial charge on any atom is -0.491 e. The summed E-state index contributed by atoms with van der Waals surface area (Å²) in [6, 6.07) is 3.58. The van der Waals surface area contributed by atoms with E-state index in [1.807, 2.05) is 4.90 Å². The van der Waals surface area contributed by atoms with Crippen LogP contribution in [0.15, 0.2) is 23.1 Å². The fourth-order valence-electron chi connectivity index (χ4n) is 2.78. The zero-order valence-corrected chi connectivity index (χ0v) is 16.5. The van der Waals surface area contributed by atoms with Gasteiger partial charge in [-0.1, -0.05) is 0 Å². The van der Waals surface area contributed by atoms with Gasteiger partial charge in [0, 0.05) is 13.1 Å². The predicted octanol–water partition coefficient (Wildman–Crippen LogP) is 1.50. The standard InChI is InChI=1S/C17H22FN5O4S/c1-3-27-14-7-6-12(10-13(14)18)28(24,25)19-11-15-20-16(22-17(21-15)26-2)23-8-4-5-9-23/h6-7,10,19H,3-5,8-9,11H2,1-2H3. The second-order valence-electron chi connectivity index (χ2n) is 6.08. The highest BCUT2D eigenvalue weighted by molar-refractivity contribution is 7.89. The molecule has 1 aromatic carbocycles. The quantitative estimate of drug-likeness (QED) is 0.696. The molecular weight excluding hydrogens is 389 g/mol. The van der Waals surface area contributed by atoms with Crippen LogP contribution in [0.2, 0.25) is 0 Å². The molecule has 28 heavy (non-hydrogen) atoms. The Morgan fingerprint density at radius 2 is 1.96 bits per heavy atom. The van der Waals surface area contributed by atoms with Gasteiger partial charge in [-0.2, -0.15) is 15.0 Å². The molecule has 0 saturated carbocycles. The van der Waals surface area contributed by atoms with Crippen molar-refractivity contribution in [3.8, 4) is 11.8 Å². The number of hydrogen-bond donors (Lipinski definition) is 1. The first-order valence-corrected chi connectivity index (χ1v) is 10.4. The van der Waals surface area contributed by atoms with E-state index in [0.29, 0.717) is 5.95 Å². The average Bonchev–Trinajstić information content (AvgIpc) is 3.23. The molecule has 1 aromatic heterocycles. The maximum atomic E-state index is 14.0. The minimum absolute atomic E-state index is 0.00101. The highest BCUT2D eigenvalue weighted by Crippen LogP contribution is 2.21. The van der Waals surface area contributed by atoms with Gasteiger partial charge in [-0.3, -0.25) is 0 Å². The van der Waals surface area contributed by atoms with Crippen molar-refractivity contribution in [3.63, 3.8) is 0 Å². The molecule has 0 aliphatic carbocycles. The molecule has 0 atom stereocenters. The molecule has 1 N–H and O–H groups in total. The van der Waals surface area contributed by atoms with Gasteiger partial charge in [-0.05, 0) is 38.0 Å². The number of hydrogen-bond acceptors (Lipinski definition) is 8. The zero-order valence-electron chi connectivity index (χ0n) is 15.7. The summed E-state index contributed by atoms with van der Waals surface area (Å²) in [5.74, 6) is -0.0869. The predicted molar refractivity (Wildman–Crippen MR) is 99.4 cm³/mol. The van der Waals surface area contributed by atoms with E-state index in [2.05, 4.69) is 19.7 Å². The van der Waals surface area contributed by atoms with Crippen LogP contribution in [0.5, 0.6) is 11.8 Å². The van der Waals surface area contributed by atoms with Crippen LogP contribution in [0.3, 0.4) is 0 Å². The zero-order chi connectivity index (χ0) is 20.1. The van der Waals surface area contributed by atoms with E-state index < -0.39 is 15.8 Å². The first-order valence-electron chi connectivity index (χ1n) is 8.89. The molecule has 3 rings (SSSR count). The summed E-state index contributed by atoms with van der Waals surface area (Å²) in [6.07, 6.45) is 2.08. The molecule has 2 heterocycles. The van der Waals surface area contributed by atoms with E-state index in [-0.39, 0.29) is 35.6 Å². The largest absolute Gasteiger partial charge is 0.491 e. The number of aromatic nitrogens is 3. The number of methoxy groups -OCH3 is 1. The van der Waals surface area contributed by atoms with E-state index in [9.17, 15) is 12.8 Å². The molecule has 0 amide bonds. The number of nitrogens with zero attached hydrogens (tertiary/aromatic N) is 4. The van der Waals surface area contributed by atoms with E-state index in [0.717, 1.165) is 32.0 Å². The molecule has 1 aliphatic heterocycles. The lowest BCUT2D eigenvalue weighted by Gasteiger charge is -2.16. The van der Waals surface area contributed by atoms with E-state index in [1.165, 1.54) is 19.2 Å². The molecule has 0 radical (unpaired) electrons. The van der Waals surface area contributed by atoms with Crippen LogP contribution < -0.4 is 19.1 Å². The Hall–Kier alpha value is -2.53. The average molecular weight is 411 g/mol. The molecule has 0 bridgehead atoms. The number of halogens is 1. The molecule has 0 unspecified atom stereocenters. The fraction of sp³-hybridized carbons (Fsp3) is 0.471. The maximum absolute atomic E-state index is 14.0. The lowest BCUT2D eigenvalue weighted by molar-refractivity contribution is 0.321.